The van der Waals surface area contributed by atoms with E-state index in [0.29, 0.717) is 12.8 Å². The summed E-state index contributed by atoms with van der Waals surface area (Å²) in [6.07, 6.45) is 0.589. The molecule has 100 valence electrons. The van der Waals surface area contributed by atoms with Gasteiger partial charge < -0.3 is 10.4 Å². The molecule has 0 saturated carbocycles. The molecule has 0 bridgehead atoms. The lowest BCUT2D eigenvalue weighted by Gasteiger charge is -2.15. The van der Waals surface area contributed by atoms with E-state index in [1.165, 1.54) is 11.1 Å². The lowest BCUT2D eigenvalue weighted by molar-refractivity contribution is -0.121. The van der Waals surface area contributed by atoms with Crippen molar-refractivity contribution in [2.75, 3.05) is 0 Å². The van der Waals surface area contributed by atoms with Crippen molar-refractivity contribution in [3.05, 3.63) is 34.9 Å². The minimum absolute atomic E-state index is 0.00375. The molecule has 0 aromatic heterocycles. The van der Waals surface area contributed by atoms with Crippen LogP contribution in [-0.2, 0) is 11.2 Å². The third-order valence-corrected chi connectivity index (χ3v) is 3.04. The molecule has 1 amide bonds. The maximum atomic E-state index is 11.8. The lowest BCUT2D eigenvalue weighted by Crippen LogP contribution is -2.35. The van der Waals surface area contributed by atoms with Crippen LogP contribution in [0.5, 0.6) is 0 Å². The molecule has 0 saturated heterocycles. The topological polar surface area (TPSA) is 49.3 Å². The van der Waals surface area contributed by atoms with Crippen LogP contribution >= 0.6 is 0 Å². The highest BCUT2D eigenvalue weighted by Crippen LogP contribution is 2.10. The minimum Gasteiger partial charge on any atom is -0.393 e. The molecule has 0 heterocycles. The maximum absolute atomic E-state index is 11.8. The molecule has 1 aromatic carbocycles. The van der Waals surface area contributed by atoms with E-state index >= 15 is 0 Å². The third-order valence-electron chi connectivity index (χ3n) is 3.04. The van der Waals surface area contributed by atoms with Gasteiger partial charge in [-0.1, -0.05) is 18.2 Å². The van der Waals surface area contributed by atoms with E-state index in [9.17, 15) is 9.90 Å². The second-order valence-corrected chi connectivity index (χ2v) is 5.15. The fourth-order valence-corrected chi connectivity index (χ4v) is 2.00. The van der Waals surface area contributed by atoms with Gasteiger partial charge in [-0.3, -0.25) is 4.79 Å². The summed E-state index contributed by atoms with van der Waals surface area (Å²) in [4.78, 5) is 11.8. The van der Waals surface area contributed by atoms with Crippen LogP contribution in [0.2, 0.25) is 0 Å². The van der Waals surface area contributed by atoms with E-state index in [2.05, 4.69) is 12.2 Å². The van der Waals surface area contributed by atoms with E-state index < -0.39 is 0 Å². The van der Waals surface area contributed by atoms with Crippen molar-refractivity contribution in [3.8, 4) is 0 Å². The van der Waals surface area contributed by atoms with Crippen LogP contribution in [-0.4, -0.2) is 23.2 Å². The Kier molecular flexibility index (Phi) is 5.35. The van der Waals surface area contributed by atoms with Crippen molar-refractivity contribution in [1.29, 1.82) is 0 Å². The summed E-state index contributed by atoms with van der Waals surface area (Å²) < 4.78 is 0. The molecule has 0 fully saturated rings. The summed E-state index contributed by atoms with van der Waals surface area (Å²) in [5, 5.41) is 12.1. The van der Waals surface area contributed by atoms with Gasteiger partial charge >= 0.3 is 0 Å². The largest absolute Gasteiger partial charge is 0.393 e. The molecule has 0 aliphatic rings. The zero-order valence-electron chi connectivity index (χ0n) is 11.7. The van der Waals surface area contributed by atoms with Crippen LogP contribution < -0.4 is 5.32 Å². The van der Waals surface area contributed by atoms with Crippen molar-refractivity contribution >= 4 is 5.91 Å². The summed E-state index contributed by atoms with van der Waals surface area (Å²) in [5.74, 6) is 0.00593. The molecular formula is C15H23NO2. The second kappa shape index (κ2) is 6.55. The van der Waals surface area contributed by atoms with Gasteiger partial charge in [0.2, 0.25) is 5.91 Å². The average molecular weight is 249 g/mol. The van der Waals surface area contributed by atoms with Crippen LogP contribution in [0.15, 0.2) is 18.2 Å². The van der Waals surface area contributed by atoms with E-state index in [1.807, 2.05) is 32.0 Å². The van der Waals surface area contributed by atoms with Gasteiger partial charge in [0.1, 0.15) is 0 Å². The number of rotatable bonds is 5. The minimum atomic E-state index is -0.387. The van der Waals surface area contributed by atoms with Gasteiger partial charge in [0.05, 0.1) is 12.5 Å². The van der Waals surface area contributed by atoms with Gasteiger partial charge in [0, 0.05) is 6.04 Å². The van der Waals surface area contributed by atoms with Crippen molar-refractivity contribution < 1.29 is 9.90 Å². The molecule has 0 spiro atoms. The molecule has 2 N–H and O–H groups in total. The summed E-state index contributed by atoms with van der Waals surface area (Å²) >= 11 is 0. The van der Waals surface area contributed by atoms with Crippen LogP contribution in [0.1, 0.15) is 37.0 Å². The van der Waals surface area contributed by atoms with Gasteiger partial charge in [0.15, 0.2) is 0 Å². The number of aryl methyl sites for hydroxylation is 2. The summed E-state index contributed by atoms with van der Waals surface area (Å²) in [5.41, 5.74) is 3.47. The number of carbonyl (C=O) groups is 1. The van der Waals surface area contributed by atoms with Crippen LogP contribution in [0, 0.1) is 13.8 Å². The van der Waals surface area contributed by atoms with Gasteiger partial charge in [0.25, 0.3) is 0 Å². The summed E-state index contributed by atoms with van der Waals surface area (Å²) in [7, 11) is 0. The first-order chi connectivity index (χ1) is 8.38. The van der Waals surface area contributed by atoms with Gasteiger partial charge in [-0.25, -0.2) is 0 Å². The standard InChI is InChI=1S/C15H23NO2/c1-10-5-6-14(7-11(10)2)9-15(18)16-12(3)8-13(4)17/h5-7,12-13,17H,8-9H2,1-4H3,(H,16,18). The Morgan fingerprint density at radius 1 is 1.28 bits per heavy atom. The van der Waals surface area contributed by atoms with Crippen LogP contribution in [0.25, 0.3) is 0 Å². The molecule has 18 heavy (non-hydrogen) atoms. The van der Waals surface area contributed by atoms with Crippen molar-refractivity contribution in [1.82, 2.24) is 5.32 Å². The molecule has 0 aliphatic carbocycles. The predicted octanol–water partition coefficient (Wildman–Crippen LogP) is 2.12. The Balaban J connectivity index is 2.51. The van der Waals surface area contributed by atoms with Gasteiger partial charge in [-0.05, 0) is 50.8 Å². The lowest BCUT2D eigenvalue weighted by atomic mass is 10.0. The number of benzene rings is 1. The SMILES string of the molecule is Cc1ccc(CC(=O)NC(C)CC(C)O)cc1C. The third kappa shape index (κ3) is 4.88. The van der Waals surface area contributed by atoms with Crippen molar-refractivity contribution in [2.24, 2.45) is 0 Å². The number of amides is 1. The smallest absolute Gasteiger partial charge is 0.224 e. The predicted molar refractivity (Wildman–Crippen MR) is 73.5 cm³/mol. The quantitative estimate of drug-likeness (QED) is 0.840. The number of aliphatic hydroxyl groups is 1. The van der Waals surface area contributed by atoms with Crippen LogP contribution in [0.4, 0.5) is 0 Å². The zero-order valence-corrected chi connectivity index (χ0v) is 11.7. The van der Waals surface area contributed by atoms with E-state index in [0.717, 1.165) is 5.56 Å². The average Bonchev–Trinajstić information content (AvgIpc) is 2.21. The van der Waals surface area contributed by atoms with Crippen LogP contribution in [0.3, 0.4) is 0 Å². The Bertz CT molecular complexity index is 413. The number of nitrogens with one attached hydrogen (secondary N) is 1. The Morgan fingerprint density at radius 2 is 1.94 bits per heavy atom. The number of carbonyl (C=O) groups excluding carboxylic acids is 1. The zero-order chi connectivity index (χ0) is 13.7. The Morgan fingerprint density at radius 3 is 2.50 bits per heavy atom. The molecular weight excluding hydrogens is 226 g/mol. The van der Waals surface area contributed by atoms with E-state index in [1.54, 1.807) is 6.92 Å². The van der Waals surface area contributed by atoms with E-state index in [4.69, 9.17) is 0 Å². The molecule has 2 unspecified atom stereocenters. The molecule has 3 heteroatoms. The molecule has 0 aliphatic heterocycles. The molecule has 0 radical (unpaired) electrons. The Labute approximate surface area is 109 Å². The van der Waals surface area contributed by atoms with Crippen molar-refractivity contribution in [3.63, 3.8) is 0 Å². The number of hydrogen-bond donors (Lipinski definition) is 2. The first-order valence-corrected chi connectivity index (χ1v) is 6.42. The van der Waals surface area contributed by atoms with Gasteiger partial charge in [-0.2, -0.15) is 0 Å². The first kappa shape index (κ1) is 14.7. The highest BCUT2D eigenvalue weighted by molar-refractivity contribution is 5.78. The molecule has 1 aromatic rings. The fraction of sp³-hybridized carbons (Fsp3) is 0.533. The number of aliphatic hydroxyl groups excluding tert-OH is 1. The summed E-state index contributed by atoms with van der Waals surface area (Å²) in [6, 6.07) is 6.08. The second-order valence-electron chi connectivity index (χ2n) is 5.15. The fourth-order valence-electron chi connectivity index (χ4n) is 2.00. The summed E-state index contributed by atoms with van der Waals surface area (Å²) in [6.45, 7) is 7.74. The highest BCUT2D eigenvalue weighted by atomic mass is 16.3. The van der Waals surface area contributed by atoms with Gasteiger partial charge in [-0.15, -0.1) is 0 Å². The van der Waals surface area contributed by atoms with Crippen molar-refractivity contribution in [2.45, 2.75) is 52.7 Å². The molecule has 2 atom stereocenters. The first-order valence-electron chi connectivity index (χ1n) is 6.42. The normalized spacial score (nSPS) is 14.1. The maximum Gasteiger partial charge on any atom is 0.224 e. The molecule has 1 rings (SSSR count). The van der Waals surface area contributed by atoms with E-state index in [-0.39, 0.29) is 18.1 Å². The Hall–Kier alpha value is -1.35. The monoisotopic (exact) mass is 249 g/mol. The highest BCUT2D eigenvalue weighted by Gasteiger charge is 2.10. The number of hydrogen-bond acceptors (Lipinski definition) is 2. The molecule has 3 nitrogen and oxygen atoms in total.